The van der Waals surface area contributed by atoms with Crippen molar-refractivity contribution in [2.75, 3.05) is 51.3 Å². The lowest BCUT2D eigenvalue weighted by Gasteiger charge is -2.20. The van der Waals surface area contributed by atoms with Crippen LogP contribution in [-0.4, -0.2) is 73.1 Å². The van der Waals surface area contributed by atoms with E-state index in [1.165, 1.54) is 0 Å². The highest BCUT2D eigenvalue weighted by atomic mass is 16.5. The minimum absolute atomic E-state index is 0.0479. The number of ether oxygens (including phenoxy) is 1. The number of nitrogens with one attached hydrogen (secondary N) is 1. The summed E-state index contributed by atoms with van der Waals surface area (Å²) in [4.78, 5) is 38.8. The summed E-state index contributed by atoms with van der Waals surface area (Å²) in [6.07, 6.45) is 4.57. The molecule has 0 saturated carbocycles. The largest absolute Gasteiger partial charge is 0.383 e. The maximum Gasteiger partial charge on any atom is 0.225 e. The first-order valence-corrected chi connectivity index (χ1v) is 10.6. The highest BCUT2D eigenvalue weighted by molar-refractivity contribution is 5.83. The summed E-state index contributed by atoms with van der Waals surface area (Å²) < 4.78 is 5.04. The third-order valence-electron chi connectivity index (χ3n) is 5.63. The Morgan fingerprint density at radius 2 is 2.03 bits per heavy atom. The van der Waals surface area contributed by atoms with Crippen LogP contribution in [0, 0.1) is 11.8 Å². The van der Waals surface area contributed by atoms with E-state index in [1.807, 2.05) is 24.8 Å². The molecule has 2 fully saturated rings. The van der Waals surface area contributed by atoms with Crippen molar-refractivity contribution in [1.82, 2.24) is 20.2 Å². The van der Waals surface area contributed by atoms with Gasteiger partial charge in [-0.05, 0) is 24.8 Å². The van der Waals surface area contributed by atoms with Gasteiger partial charge < -0.3 is 19.9 Å². The molecule has 1 N–H and O–H groups in total. The Morgan fingerprint density at radius 3 is 2.72 bits per heavy atom. The lowest BCUT2D eigenvalue weighted by atomic mass is 9.92. The molecule has 2 atom stereocenters. The van der Waals surface area contributed by atoms with E-state index < -0.39 is 0 Å². The van der Waals surface area contributed by atoms with Crippen LogP contribution in [0.1, 0.15) is 44.7 Å². The van der Waals surface area contributed by atoms with Gasteiger partial charge in [0.15, 0.2) is 0 Å². The molecular formula is C21H33N5O3. The zero-order valence-electron chi connectivity index (χ0n) is 17.8. The molecule has 8 heteroatoms. The molecule has 0 aliphatic carbocycles. The second-order valence-corrected chi connectivity index (χ2v) is 8.37. The maximum absolute atomic E-state index is 12.9. The third kappa shape index (κ3) is 5.44. The third-order valence-corrected chi connectivity index (χ3v) is 5.63. The second-order valence-electron chi connectivity index (χ2n) is 8.37. The van der Waals surface area contributed by atoms with E-state index in [9.17, 15) is 9.59 Å². The average Bonchev–Trinajstić information content (AvgIpc) is 3.38. The zero-order valence-corrected chi connectivity index (χ0v) is 17.8. The number of amides is 2. The van der Waals surface area contributed by atoms with E-state index in [1.54, 1.807) is 13.3 Å². The summed E-state index contributed by atoms with van der Waals surface area (Å²) >= 11 is 0. The number of carbonyl (C=O) groups excluding carboxylic acids is 2. The topological polar surface area (TPSA) is 87.7 Å². The summed E-state index contributed by atoms with van der Waals surface area (Å²) in [5, 5.41) is 2.94. The van der Waals surface area contributed by atoms with Gasteiger partial charge in [-0.2, -0.15) is 0 Å². The van der Waals surface area contributed by atoms with Crippen LogP contribution in [0.4, 0.5) is 5.95 Å². The molecule has 2 saturated heterocycles. The molecule has 0 radical (unpaired) electrons. The van der Waals surface area contributed by atoms with Gasteiger partial charge >= 0.3 is 0 Å². The standard InChI is InChI=1S/C21H33N5O3/c1-15(2)12-19(27)26-13-16(17(14-26)20(28)22-8-11-29-3)18-6-7-23-21(24-18)25-9-4-5-10-25/h6-7,15-17H,4-5,8-14H2,1-3H3,(H,22,28)/t16-,17-/m1/s1. The van der Waals surface area contributed by atoms with E-state index in [4.69, 9.17) is 9.72 Å². The summed E-state index contributed by atoms with van der Waals surface area (Å²) in [7, 11) is 1.61. The minimum Gasteiger partial charge on any atom is -0.383 e. The van der Waals surface area contributed by atoms with Crippen LogP contribution in [0.5, 0.6) is 0 Å². The van der Waals surface area contributed by atoms with Gasteiger partial charge in [0, 0.05) is 58.4 Å². The number of likely N-dealkylation sites (tertiary alicyclic amines) is 1. The predicted octanol–water partition coefficient (Wildman–Crippen LogP) is 1.43. The fourth-order valence-corrected chi connectivity index (χ4v) is 4.10. The molecule has 2 amide bonds. The Bertz CT molecular complexity index is 705. The molecule has 0 spiro atoms. The fraction of sp³-hybridized carbons (Fsp3) is 0.714. The Hall–Kier alpha value is -2.22. The van der Waals surface area contributed by atoms with Crippen molar-refractivity contribution in [1.29, 1.82) is 0 Å². The quantitative estimate of drug-likeness (QED) is 0.661. The molecule has 1 aromatic rings. The van der Waals surface area contributed by atoms with Crippen molar-refractivity contribution in [3.63, 3.8) is 0 Å². The van der Waals surface area contributed by atoms with Crippen LogP contribution in [0.2, 0.25) is 0 Å². The number of nitrogens with zero attached hydrogens (tertiary/aromatic N) is 4. The van der Waals surface area contributed by atoms with Crippen molar-refractivity contribution in [2.24, 2.45) is 11.8 Å². The van der Waals surface area contributed by atoms with Crippen molar-refractivity contribution in [2.45, 2.75) is 39.0 Å². The second kappa shape index (κ2) is 10.0. The van der Waals surface area contributed by atoms with Gasteiger partial charge in [-0.3, -0.25) is 9.59 Å². The molecule has 8 nitrogen and oxygen atoms in total. The summed E-state index contributed by atoms with van der Waals surface area (Å²) in [5.74, 6) is 0.628. The molecule has 1 aromatic heterocycles. The maximum atomic E-state index is 12.9. The minimum atomic E-state index is -0.315. The molecule has 160 valence electrons. The molecule has 29 heavy (non-hydrogen) atoms. The molecule has 2 aliphatic heterocycles. The van der Waals surface area contributed by atoms with Gasteiger partial charge in [-0.1, -0.05) is 13.8 Å². The van der Waals surface area contributed by atoms with Gasteiger partial charge in [0.05, 0.1) is 18.2 Å². The number of carbonyl (C=O) groups is 2. The van der Waals surface area contributed by atoms with E-state index in [2.05, 4.69) is 15.2 Å². The van der Waals surface area contributed by atoms with E-state index in [-0.39, 0.29) is 29.6 Å². The van der Waals surface area contributed by atoms with Gasteiger partial charge in [0.1, 0.15) is 0 Å². The van der Waals surface area contributed by atoms with E-state index in [0.29, 0.717) is 32.7 Å². The number of anilines is 1. The zero-order chi connectivity index (χ0) is 20.8. The number of rotatable bonds is 8. The Labute approximate surface area is 173 Å². The molecule has 0 unspecified atom stereocenters. The van der Waals surface area contributed by atoms with Crippen LogP contribution >= 0.6 is 0 Å². The molecular weight excluding hydrogens is 370 g/mol. The highest BCUT2D eigenvalue weighted by Crippen LogP contribution is 2.33. The summed E-state index contributed by atoms with van der Waals surface area (Å²) in [5.41, 5.74) is 0.841. The van der Waals surface area contributed by atoms with Gasteiger partial charge in [0.25, 0.3) is 0 Å². The summed E-state index contributed by atoms with van der Waals surface area (Å²) in [6.45, 7) is 7.87. The van der Waals surface area contributed by atoms with Gasteiger partial charge in [-0.15, -0.1) is 0 Å². The fourth-order valence-electron chi connectivity index (χ4n) is 4.10. The monoisotopic (exact) mass is 403 g/mol. The van der Waals surface area contributed by atoms with Crippen molar-refractivity contribution < 1.29 is 14.3 Å². The molecule has 0 aromatic carbocycles. The van der Waals surface area contributed by atoms with Crippen LogP contribution in [-0.2, 0) is 14.3 Å². The Balaban J connectivity index is 1.79. The average molecular weight is 404 g/mol. The van der Waals surface area contributed by atoms with Crippen molar-refractivity contribution in [3.05, 3.63) is 18.0 Å². The normalized spacial score (nSPS) is 21.8. The first kappa shape index (κ1) is 21.5. The first-order valence-electron chi connectivity index (χ1n) is 10.6. The molecule has 3 rings (SSSR count). The smallest absolute Gasteiger partial charge is 0.225 e. The lowest BCUT2D eigenvalue weighted by molar-refractivity contribution is -0.131. The Kier molecular flexibility index (Phi) is 7.41. The van der Waals surface area contributed by atoms with E-state index >= 15 is 0 Å². The van der Waals surface area contributed by atoms with Gasteiger partial charge in [0.2, 0.25) is 17.8 Å². The van der Waals surface area contributed by atoms with Crippen LogP contribution in [0.15, 0.2) is 12.3 Å². The van der Waals surface area contributed by atoms with Gasteiger partial charge in [-0.25, -0.2) is 9.97 Å². The van der Waals surface area contributed by atoms with Crippen molar-refractivity contribution >= 4 is 17.8 Å². The number of hydrogen-bond donors (Lipinski definition) is 1. The molecule has 3 heterocycles. The predicted molar refractivity (Wildman–Crippen MR) is 111 cm³/mol. The van der Waals surface area contributed by atoms with Crippen LogP contribution in [0.25, 0.3) is 0 Å². The van der Waals surface area contributed by atoms with E-state index in [0.717, 1.165) is 37.6 Å². The van der Waals surface area contributed by atoms with Crippen LogP contribution < -0.4 is 10.2 Å². The SMILES string of the molecule is COCCNC(=O)[C@@H]1CN(C(=O)CC(C)C)C[C@H]1c1ccnc(N2CCCC2)n1. The highest BCUT2D eigenvalue weighted by Gasteiger charge is 2.41. The van der Waals surface area contributed by atoms with Crippen LogP contribution in [0.3, 0.4) is 0 Å². The number of hydrogen-bond acceptors (Lipinski definition) is 6. The lowest BCUT2D eigenvalue weighted by Crippen LogP contribution is -2.37. The first-order chi connectivity index (χ1) is 14.0. The number of aromatic nitrogens is 2. The molecule has 2 aliphatic rings. The summed E-state index contributed by atoms with van der Waals surface area (Å²) in [6, 6.07) is 1.89. The Morgan fingerprint density at radius 1 is 1.28 bits per heavy atom. The number of methoxy groups -OCH3 is 1. The molecule has 0 bridgehead atoms. The van der Waals surface area contributed by atoms with Crippen molar-refractivity contribution in [3.8, 4) is 0 Å².